The molecular formula is C22H33NO3. The summed E-state index contributed by atoms with van der Waals surface area (Å²) in [5.74, 6) is 0.925. The molecule has 0 saturated carbocycles. The molecular weight excluding hydrogens is 326 g/mol. The number of aryl methyl sites for hydroxylation is 1. The van der Waals surface area contributed by atoms with Gasteiger partial charge in [0, 0.05) is 18.0 Å². The number of rotatable bonds is 1. The Kier molecular flexibility index (Phi) is 4.33. The fraction of sp³-hybridized carbons (Fsp3) is 0.682. The zero-order valence-electron chi connectivity index (χ0n) is 17.5. The van der Waals surface area contributed by atoms with Crippen molar-refractivity contribution in [2.24, 2.45) is 5.41 Å². The zero-order valence-corrected chi connectivity index (χ0v) is 17.5. The fourth-order valence-electron chi connectivity index (χ4n) is 4.81. The van der Waals surface area contributed by atoms with Crippen LogP contribution in [-0.4, -0.2) is 36.3 Å². The molecule has 26 heavy (non-hydrogen) atoms. The number of piperidine rings is 1. The second kappa shape index (κ2) is 5.90. The highest BCUT2D eigenvalue weighted by molar-refractivity contribution is 5.69. The van der Waals surface area contributed by atoms with Gasteiger partial charge in [-0.3, -0.25) is 0 Å². The van der Waals surface area contributed by atoms with Crippen molar-refractivity contribution in [3.8, 4) is 5.75 Å². The average molecular weight is 360 g/mol. The molecule has 1 heterocycles. The third kappa shape index (κ3) is 2.78. The first kappa shape index (κ1) is 19.1. The first-order valence-electron chi connectivity index (χ1n) is 9.58. The molecule has 1 aromatic rings. The van der Waals surface area contributed by atoms with E-state index in [2.05, 4.69) is 39.8 Å². The Hall–Kier alpha value is -1.71. The van der Waals surface area contributed by atoms with Crippen molar-refractivity contribution in [2.75, 3.05) is 13.7 Å². The highest BCUT2D eigenvalue weighted by Gasteiger charge is 2.57. The predicted octanol–water partition coefficient (Wildman–Crippen LogP) is 4.85. The first-order chi connectivity index (χ1) is 11.9. The molecule has 0 unspecified atom stereocenters. The van der Waals surface area contributed by atoms with Crippen LogP contribution in [0.4, 0.5) is 4.79 Å². The Morgan fingerprint density at radius 3 is 2.46 bits per heavy atom. The SMILES string of the molecule is COc1cc2c(cc1C)[C@@]1(C)CCN(C(=O)OC(C)(C)C)[C@@H](C2)C1(C)C. The van der Waals surface area contributed by atoms with E-state index in [1.165, 1.54) is 16.7 Å². The fourth-order valence-corrected chi connectivity index (χ4v) is 4.81. The van der Waals surface area contributed by atoms with Crippen LogP contribution in [0.1, 0.15) is 64.7 Å². The maximum atomic E-state index is 12.9. The molecule has 2 atom stereocenters. The largest absolute Gasteiger partial charge is 0.496 e. The molecule has 4 heteroatoms. The molecule has 1 fully saturated rings. The van der Waals surface area contributed by atoms with Crippen LogP contribution in [0.3, 0.4) is 0 Å². The quantitative estimate of drug-likeness (QED) is 0.719. The van der Waals surface area contributed by atoms with E-state index in [0.29, 0.717) is 0 Å². The molecule has 2 bridgehead atoms. The number of carbonyl (C=O) groups excluding carboxylic acids is 1. The number of likely N-dealkylation sites (tertiary alicyclic amines) is 1. The number of methoxy groups -OCH3 is 1. The van der Waals surface area contributed by atoms with Crippen molar-refractivity contribution in [1.82, 2.24) is 4.90 Å². The first-order valence-corrected chi connectivity index (χ1v) is 9.58. The Morgan fingerprint density at radius 1 is 1.23 bits per heavy atom. The summed E-state index contributed by atoms with van der Waals surface area (Å²) in [6.07, 6.45) is 1.59. The predicted molar refractivity (Wildman–Crippen MR) is 104 cm³/mol. The number of carbonyl (C=O) groups is 1. The zero-order chi connectivity index (χ0) is 19.5. The minimum atomic E-state index is -0.477. The van der Waals surface area contributed by atoms with Gasteiger partial charge in [-0.05, 0) is 68.7 Å². The number of ether oxygens (including phenoxy) is 2. The van der Waals surface area contributed by atoms with E-state index in [0.717, 1.165) is 25.1 Å². The summed E-state index contributed by atoms with van der Waals surface area (Å²) in [6, 6.07) is 4.59. The van der Waals surface area contributed by atoms with Crippen molar-refractivity contribution in [3.63, 3.8) is 0 Å². The van der Waals surface area contributed by atoms with Crippen LogP contribution in [0.15, 0.2) is 12.1 Å². The molecule has 0 spiro atoms. The van der Waals surface area contributed by atoms with Crippen LogP contribution in [0.2, 0.25) is 0 Å². The van der Waals surface area contributed by atoms with Crippen LogP contribution in [0.5, 0.6) is 5.75 Å². The van der Waals surface area contributed by atoms with Crippen LogP contribution >= 0.6 is 0 Å². The molecule has 4 nitrogen and oxygen atoms in total. The lowest BCUT2D eigenvalue weighted by molar-refractivity contribution is -0.0522. The van der Waals surface area contributed by atoms with Crippen molar-refractivity contribution in [3.05, 3.63) is 28.8 Å². The molecule has 0 N–H and O–H groups in total. The third-order valence-electron chi connectivity index (χ3n) is 6.74. The van der Waals surface area contributed by atoms with Crippen molar-refractivity contribution in [1.29, 1.82) is 0 Å². The smallest absolute Gasteiger partial charge is 0.410 e. The van der Waals surface area contributed by atoms with E-state index in [9.17, 15) is 4.79 Å². The van der Waals surface area contributed by atoms with Gasteiger partial charge in [-0.1, -0.05) is 26.8 Å². The molecule has 1 aliphatic carbocycles. The lowest BCUT2D eigenvalue weighted by Crippen LogP contribution is -2.65. The summed E-state index contributed by atoms with van der Waals surface area (Å²) in [5.41, 5.74) is 3.41. The lowest BCUT2D eigenvalue weighted by atomic mass is 9.51. The van der Waals surface area contributed by atoms with Crippen LogP contribution in [0, 0.1) is 12.3 Å². The maximum Gasteiger partial charge on any atom is 0.410 e. The van der Waals surface area contributed by atoms with Gasteiger partial charge in [-0.2, -0.15) is 0 Å². The van der Waals surface area contributed by atoms with Crippen molar-refractivity contribution in [2.45, 2.75) is 78.4 Å². The number of hydrogen-bond acceptors (Lipinski definition) is 3. The van der Waals surface area contributed by atoms with Gasteiger partial charge >= 0.3 is 6.09 Å². The van der Waals surface area contributed by atoms with Crippen LogP contribution in [-0.2, 0) is 16.6 Å². The Labute approximate surface area is 157 Å². The second-order valence-electron chi connectivity index (χ2n) is 9.68. The highest BCUT2D eigenvalue weighted by atomic mass is 16.6. The second-order valence-corrected chi connectivity index (χ2v) is 9.68. The van der Waals surface area contributed by atoms with Gasteiger partial charge < -0.3 is 14.4 Å². The van der Waals surface area contributed by atoms with E-state index in [1.807, 2.05) is 25.7 Å². The van der Waals surface area contributed by atoms with Crippen LogP contribution < -0.4 is 4.74 Å². The number of benzene rings is 1. The van der Waals surface area contributed by atoms with E-state index in [-0.39, 0.29) is 23.0 Å². The standard InChI is InChI=1S/C22H33NO3/c1-14-11-16-15(12-17(14)25-8)13-18-21(5,6)22(16,7)9-10-23(18)19(24)26-20(2,3)4/h11-12,18H,9-10,13H2,1-8H3/t18-,22+/m0/s1. The van der Waals surface area contributed by atoms with Crippen LogP contribution in [0.25, 0.3) is 0 Å². The Bertz CT molecular complexity index is 732. The summed E-state index contributed by atoms with van der Waals surface area (Å²) in [4.78, 5) is 14.8. The van der Waals surface area contributed by atoms with Gasteiger partial charge in [0.25, 0.3) is 0 Å². The van der Waals surface area contributed by atoms with Gasteiger partial charge in [-0.25, -0.2) is 4.79 Å². The van der Waals surface area contributed by atoms with E-state index >= 15 is 0 Å². The van der Waals surface area contributed by atoms with E-state index in [4.69, 9.17) is 9.47 Å². The van der Waals surface area contributed by atoms with Gasteiger partial charge in [0.2, 0.25) is 0 Å². The Morgan fingerprint density at radius 2 is 1.88 bits per heavy atom. The monoisotopic (exact) mass is 359 g/mol. The number of hydrogen-bond donors (Lipinski definition) is 0. The summed E-state index contributed by atoms with van der Waals surface area (Å²) in [6.45, 7) is 15.6. The van der Waals surface area contributed by atoms with Gasteiger partial charge in [0.15, 0.2) is 0 Å². The molecule has 2 aliphatic rings. The van der Waals surface area contributed by atoms with Crippen molar-refractivity contribution >= 4 is 6.09 Å². The highest BCUT2D eigenvalue weighted by Crippen LogP contribution is 2.56. The molecule has 0 radical (unpaired) electrons. The molecule has 1 aliphatic heterocycles. The minimum absolute atomic E-state index is 0.0286. The normalized spacial score (nSPS) is 26.9. The number of amides is 1. The molecule has 1 aromatic carbocycles. The summed E-state index contributed by atoms with van der Waals surface area (Å²) >= 11 is 0. The topological polar surface area (TPSA) is 38.8 Å². The molecule has 1 saturated heterocycles. The number of fused-ring (bicyclic) bond motifs is 4. The molecule has 144 valence electrons. The Balaban J connectivity index is 2.05. The number of nitrogens with zero attached hydrogens (tertiary/aromatic N) is 1. The molecule has 0 aromatic heterocycles. The van der Waals surface area contributed by atoms with Gasteiger partial charge in [0.05, 0.1) is 7.11 Å². The maximum absolute atomic E-state index is 12.9. The van der Waals surface area contributed by atoms with Gasteiger partial charge in [0.1, 0.15) is 11.4 Å². The summed E-state index contributed by atoms with van der Waals surface area (Å²) < 4.78 is 11.3. The average Bonchev–Trinajstić information content (AvgIpc) is 2.49. The summed E-state index contributed by atoms with van der Waals surface area (Å²) in [5, 5.41) is 0. The summed E-state index contributed by atoms with van der Waals surface area (Å²) in [7, 11) is 1.72. The van der Waals surface area contributed by atoms with E-state index < -0.39 is 5.60 Å². The molecule has 1 amide bonds. The lowest BCUT2D eigenvalue weighted by Gasteiger charge is -2.60. The van der Waals surface area contributed by atoms with Crippen molar-refractivity contribution < 1.29 is 14.3 Å². The molecule has 3 rings (SSSR count). The van der Waals surface area contributed by atoms with E-state index in [1.54, 1.807) is 7.11 Å². The minimum Gasteiger partial charge on any atom is -0.496 e. The third-order valence-corrected chi connectivity index (χ3v) is 6.74. The van der Waals surface area contributed by atoms with Gasteiger partial charge in [-0.15, -0.1) is 0 Å².